The summed E-state index contributed by atoms with van der Waals surface area (Å²) in [6.07, 6.45) is 2.80. The van der Waals surface area contributed by atoms with Gasteiger partial charge in [0.2, 0.25) is 11.8 Å². The average Bonchev–Trinajstić information content (AvgIpc) is 2.62. The van der Waals surface area contributed by atoms with E-state index in [1.165, 1.54) is 0 Å². The molecule has 1 atom stereocenters. The zero-order chi connectivity index (χ0) is 16.8. The van der Waals surface area contributed by atoms with E-state index in [0.29, 0.717) is 19.4 Å². The van der Waals surface area contributed by atoms with Crippen molar-refractivity contribution in [2.45, 2.75) is 23.6 Å². The highest BCUT2D eigenvalue weighted by Crippen LogP contribution is 2.22. The van der Waals surface area contributed by atoms with Crippen LogP contribution in [0, 0.1) is 5.92 Å². The Morgan fingerprint density at radius 3 is 2.96 bits per heavy atom. The fourth-order valence-corrected chi connectivity index (χ4v) is 3.33. The maximum atomic E-state index is 12.3. The molecule has 1 aromatic heterocycles. The number of thioether (sulfide) groups is 1. The molecule has 1 fully saturated rings. The Hall–Kier alpha value is -2.34. The van der Waals surface area contributed by atoms with Crippen LogP contribution in [0.25, 0.3) is 0 Å². The fraction of sp³-hybridized carbons (Fsp3) is 0.278. The van der Waals surface area contributed by atoms with Crippen LogP contribution in [0.5, 0.6) is 0 Å². The van der Waals surface area contributed by atoms with Crippen LogP contribution in [0.15, 0.2) is 53.7 Å². The van der Waals surface area contributed by atoms with Crippen molar-refractivity contribution in [3.8, 4) is 0 Å². The maximum absolute atomic E-state index is 12.3. The minimum absolute atomic E-state index is 0.0209. The molecular weight excluding hydrogens is 322 g/mol. The van der Waals surface area contributed by atoms with E-state index in [4.69, 9.17) is 0 Å². The van der Waals surface area contributed by atoms with Gasteiger partial charge in [0.1, 0.15) is 0 Å². The molecule has 0 unspecified atom stereocenters. The Bertz CT molecular complexity index is 711. The van der Waals surface area contributed by atoms with Crippen molar-refractivity contribution in [1.29, 1.82) is 0 Å². The molecule has 5 nitrogen and oxygen atoms in total. The third-order valence-electron chi connectivity index (χ3n) is 3.86. The normalized spacial score (nSPS) is 17.2. The number of piperidine rings is 1. The van der Waals surface area contributed by atoms with Crippen LogP contribution in [0.3, 0.4) is 0 Å². The second-order valence-electron chi connectivity index (χ2n) is 5.69. The molecule has 0 radical (unpaired) electrons. The Kier molecular flexibility index (Phi) is 5.48. The topological polar surface area (TPSA) is 71.1 Å². The summed E-state index contributed by atoms with van der Waals surface area (Å²) < 4.78 is 0. The molecule has 2 amide bonds. The van der Waals surface area contributed by atoms with E-state index in [9.17, 15) is 9.59 Å². The van der Waals surface area contributed by atoms with Gasteiger partial charge in [0.05, 0.1) is 10.9 Å². The lowest BCUT2D eigenvalue weighted by Crippen LogP contribution is -2.40. The first-order valence-electron chi connectivity index (χ1n) is 7.91. The number of hydrogen-bond acceptors (Lipinski definition) is 4. The van der Waals surface area contributed by atoms with Gasteiger partial charge in [-0.15, -0.1) is 11.8 Å². The third-order valence-corrected chi connectivity index (χ3v) is 4.87. The van der Waals surface area contributed by atoms with Crippen molar-refractivity contribution in [1.82, 2.24) is 10.3 Å². The van der Waals surface area contributed by atoms with Gasteiger partial charge in [-0.25, -0.2) is 4.98 Å². The molecule has 1 saturated heterocycles. The quantitative estimate of drug-likeness (QED) is 0.821. The number of amides is 2. The van der Waals surface area contributed by atoms with Gasteiger partial charge in [-0.05, 0) is 36.2 Å². The second kappa shape index (κ2) is 7.97. The molecule has 2 heterocycles. The highest BCUT2D eigenvalue weighted by molar-refractivity contribution is 7.98. The summed E-state index contributed by atoms with van der Waals surface area (Å²) in [5.74, 6) is 0.617. The van der Waals surface area contributed by atoms with Crippen LogP contribution < -0.4 is 10.6 Å². The summed E-state index contributed by atoms with van der Waals surface area (Å²) in [6, 6.07) is 13.7. The summed E-state index contributed by atoms with van der Waals surface area (Å²) >= 11 is 1.66. The Balaban J connectivity index is 1.56. The smallest absolute Gasteiger partial charge is 0.229 e. The Labute approximate surface area is 145 Å². The number of carbonyl (C=O) groups excluding carboxylic acids is 2. The lowest BCUT2D eigenvalue weighted by atomic mass is 9.98. The number of rotatable bonds is 5. The van der Waals surface area contributed by atoms with Crippen molar-refractivity contribution < 1.29 is 9.59 Å². The number of pyridine rings is 1. The summed E-state index contributed by atoms with van der Waals surface area (Å²) in [5, 5.41) is 6.67. The van der Waals surface area contributed by atoms with Crippen molar-refractivity contribution >= 4 is 29.3 Å². The van der Waals surface area contributed by atoms with E-state index in [1.807, 2.05) is 42.5 Å². The van der Waals surface area contributed by atoms with Gasteiger partial charge in [-0.2, -0.15) is 0 Å². The standard InChI is InChI=1S/C18H19N3O2S/c22-16-8-7-14(11-20-16)18(23)21-15-5-3-4-13(10-15)12-24-17-6-1-2-9-19-17/h1-6,9-10,14H,7-8,11-12H2,(H,20,22)(H,21,23)/t14-/m0/s1. The van der Waals surface area contributed by atoms with Crippen LogP contribution in [-0.4, -0.2) is 23.3 Å². The first-order valence-corrected chi connectivity index (χ1v) is 8.89. The zero-order valence-electron chi connectivity index (χ0n) is 13.2. The van der Waals surface area contributed by atoms with Crippen LogP contribution in [0.4, 0.5) is 5.69 Å². The zero-order valence-corrected chi connectivity index (χ0v) is 14.0. The maximum Gasteiger partial charge on any atom is 0.229 e. The van der Waals surface area contributed by atoms with Gasteiger partial charge >= 0.3 is 0 Å². The molecule has 0 aliphatic carbocycles. The SMILES string of the molecule is O=C1CC[C@H](C(=O)Nc2cccc(CSc3ccccn3)c2)CN1. The summed E-state index contributed by atoms with van der Waals surface area (Å²) in [5.41, 5.74) is 1.91. The van der Waals surface area contributed by atoms with E-state index in [0.717, 1.165) is 22.0 Å². The number of benzene rings is 1. The van der Waals surface area contributed by atoms with E-state index >= 15 is 0 Å². The number of anilines is 1. The fourth-order valence-electron chi connectivity index (χ4n) is 2.53. The highest BCUT2D eigenvalue weighted by atomic mass is 32.2. The third kappa shape index (κ3) is 4.58. The number of hydrogen-bond donors (Lipinski definition) is 2. The monoisotopic (exact) mass is 341 g/mol. The predicted molar refractivity (Wildman–Crippen MR) is 94.6 cm³/mol. The van der Waals surface area contributed by atoms with Crippen molar-refractivity contribution in [3.05, 3.63) is 54.2 Å². The van der Waals surface area contributed by atoms with E-state index in [1.54, 1.807) is 18.0 Å². The van der Waals surface area contributed by atoms with Gasteiger partial charge in [-0.3, -0.25) is 9.59 Å². The molecule has 3 rings (SSSR count). The Morgan fingerprint density at radius 2 is 2.21 bits per heavy atom. The van der Waals surface area contributed by atoms with Crippen molar-refractivity contribution in [3.63, 3.8) is 0 Å². The van der Waals surface area contributed by atoms with Gasteiger partial charge in [0.25, 0.3) is 0 Å². The molecule has 1 aliphatic rings. The number of nitrogens with one attached hydrogen (secondary N) is 2. The van der Waals surface area contributed by atoms with Crippen LogP contribution in [-0.2, 0) is 15.3 Å². The summed E-state index contributed by atoms with van der Waals surface area (Å²) in [4.78, 5) is 27.8. The molecule has 1 aromatic carbocycles. The summed E-state index contributed by atoms with van der Waals surface area (Å²) in [6.45, 7) is 0.417. The van der Waals surface area contributed by atoms with Crippen molar-refractivity contribution in [2.75, 3.05) is 11.9 Å². The number of aromatic nitrogens is 1. The molecule has 1 aliphatic heterocycles. The highest BCUT2D eigenvalue weighted by Gasteiger charge is 2.24. The van der Waals surface area contributed by atoms with Crippen LogP contribution in [0.1, 0.15) is 18.4 Å². The molecule has 0 spiro atoms. The molecule has 6 heteroatoms. The van der Waals surface area contributed by atoms with Gasteiger partial charge < -0.3 is 10.6 Å². The van der Waals surface area contributed by atoms with Gasteiger partial charge in [0, 0.05) is 30.6 Å². The minimum Gasteiger partial charge on any atom is -0.355 e. The lowest BCUT2D eigenvalue weighted by Gasteiger charge is -2.21. The predicted octanol–water partition coefficient (Wildman–Crippen LogP) is 2.84. The summed E-state index contributed by atoms with van der Waals surface area (Å²) in [7, 11) is 0. The van der Waals surface area contributed by atoms with Gasteiger partial charge in [-0.1, -0.05) is 18.2 Å². The molecule has 24 heavy (non-hydrogen) atoms. The van der Waals surface area contributed by atoms with Crippen LogP contribution in [0.2, 0.25) is 0 Å². The lowest BCUT2D eigenvalue weighted by molar-refractivity contribution is -0.126. The molecule has 2 N–H and O–H groups in total. The van der Waals surface area contributed by atoms with E-state index in [-0.39, 0.29) is 17.7 Å². The molecule has 0 saturated carbocycles. The Morgan fingerprint density at radius 1 is 1.29 bits per heavy atom. The van der Waals surface area contributed by atoms with E-state index < -0.39 is 0 Å². The first kappa shape index (κ1) is 16.5. The molecular formula is C18H19N3O2S. The minimum atomic E-state index is -0.158. The first-order chi connectivity index (χ1) is 11.7. The number of nitrogens with zero attached hydrogens (tertiary/aromatic N) is 1. The molecule has 124 valence electrons. The average molecular weight is 341 g/mol. The van der Waals surface area contributed by atoms with Crippen LogP contribution >= 0.6 is 11.8 Å². The molecule has 2 aromatic rings. The van der Waals surface area contributed by atoms with Gasteiger partial charge in [0.15, 0.2) is 0 Å². The van der Waals surface area contributed by atoms with E-state index in [2.05, 4.69) is 15.6 Å². The molecule has 0 bridgehead atoms. The number of carbonyl (C=O) groups is 2. The largest absolute Gasteiger partial charge is 0.355 e. The second-order valence-corrected chi connectivity index (χ2v) is 6.68. The van der Waals surface area contributed by atoms with Crippen molar-refractivity contribution in [2.24, 2.45) is 5.92 Å².